The van der Waals surface area contributed by atoms with Gasteiger partial charge in [-0.15, -0.1) is 0 Å². The third kappa shape index (κ3) is 1.47. The topological polar surface area (TPSA) is 13.1 Å². The number of fused-ring (bicyclic) bond motifs is 1. The average Bonchev–Trinajstić information content (AvgIpc) is 2.16. The summed E-state index contributed by atoms with van der Waals surface area (Å²) in [5, 5.41) is 2.43. The molecule has 0 aliphatic heterocycles. The van der Waals surface area contributed by atoms with Gasteiger partial charge >= 0.3 is 0 Å². The van der Waals surface area contributed by atoms with E-state index < -0.39 is 0 Å². The Labute approximate surface area is 77.4 Å². The van der Waals surface area contributed by atoms with Gasteiger partial charge in [0.2, 0.25) is 0 Å². The number of hydrogen-bond acceptors (Lipinski definition) is 1. The number of pyridine rings is 1. The second-order valence-electron chi connectivity index (χ2n) is 3.11. The summed E-state index contributed by atoms with van der Waals surface area (Å²) >= 11 is 0. The van der Waals surface area contributed by atoms with E-state index in [0.29, 0.717) is 0 Å². The molecular formula is C11H12NO+. The molecule has 0 aliphatic rings. The van der Waals surface area contributed by atoms with Crippen molar-refractivity contribution in [3.05, 3.63) is 36.7 Å². The fraction of sp³-hybridized carbons (Fsp3) is 0.182. The van der Waals surface area contributed by atoms with Gasteiger partial charge in [0, 0.05) is 11.5 Å². The van der Waals surface area contributed by atoms with Gasteiger partial charge in [0.1, 0.15) is 12.8 Å². The van der Waals surface area contributed by atoms with Crippen LogP contribution < -0.4 is 9.30 Å². The molecule has 0 unspecified atom stereocenters. The number of aryl methyl sites for hydroxylation is 1. The van der Waals surface area contributed by atoms with Crippen LogP contribution in [0, 0.1) is 0 Å². The van der Waals surface area contributed by atoms with E-state index in [9.17, 15) is 0 Å². The SMILES string of the molecule is COc1ccc2cc[n+](C)cc2c1. The van der Waals surface area contributed by atoms with Crippen molar-refractivity contribution in [2.75, 3.05) is 7.11 Å². The highest BCUT2D eigenvalue weighted by Crippen LogP contribution is 2.18. The maximum atomic E-state index is 5.15. The van der Waals surface area contributed by atoms with Gasteiger partial charge in [-0.1, -0.05) is 6.07 Å². The Balaban J connectivity index is 2.68. The minimum absolute atomic E-state index is 0.902. The fourth-order valence-electron chi connectivity index (χ4n) is 1.40. The van der Waals surface area contributed by atoms with Crippen LogP contribution >= 0.6 is 0 Å². The normalized spacial score (nSPS) is 10.3. The lowest BCUT2D eigenvalue weighted by Gasteiger charge is -2.00. The molecule has 0 bridgehead atoms. The summed E-state index contributed by atoms with van der Waals surface area (Å²) in [7, 11) is 3.70. The van der Waals surface area contributed by atoms with Crippen LogP contribution in [0.5, 0.6) is 5.75 Å². The van der Waals surface area contributed by atoms with Crippen molar-refractivity contribution >= 4 is 10.8 Å². The molecule has 2 nitrogen and oxygen atoms in total. The standard InChI is InChI=1S/C11H12NO/c1-12-6-5-9-3-4-11(13-2)7-10(9)8-12/h3-8H,1-2H3/q+1. The highest BCUT2D eigenvalue weighted by atomic mass is 16.5. The van der Waals surface area contributed by atoms with E-state index in [2.05, 4.69) is 18.3 Å². The predicted octanol–water partition coefficient (Wildman–Crippen LogP) is 1.67. The van der Waals surface area contributed by atoms with Crippen molar-refractivity contribution in [3.63, 3.8) is 0 Å². The van der Waals surface area contributed by atoms with Gasteiger partial charge in [-0.05, 0) is 17.5 Å². The maximum Gasteiger partial charge on any atom is 0.176 e. The van der Waals surface area contributed by atoms with Gasteiger partial charge in [0.15, 0.2) is 12.4 Å². The minimum atomic E-state index is 0.902. The molecule has 1 heterocycles. The molecule has 66 valence electrons. The smallest absolute Gasteiger partial charge is 0.176 e. The molecule has 0 atom stereocenters. The number of rotatable bonds is 1. The molecule has 0 saturated carbocycles. The number of methoxy groups -OCH3 is 1. The van der Waals surface area contributed by atoms with Gasteiger partial charge in [-0.3, -0.25) is 0 Å². The molecule has 2 heteroatoms. The minimum Gasteiger partial charge on any atom is -0.497 e. The van der Waals surface area contributed by atoms with Crippen LogP contribution in [0.1, 0.15) is 0 Å². The fourth-order valence-corrected chi connectivity index (χ4v) is 1.40. The van der Waals surface area contributed by atoms with Crippen LogP contribution in [0.25, 0.3) is 10.8 Å². The number of hydrogen-bond donors (Lipinski definition) is 0. The van der Waals surface area contributed by atoms with E-state index in [1.807, 2.05) is 29.9 Å². The van der Waals surface area contributed by atoms with Crippen LogP contribution in [0.15, 0.2) is 36.7 Å². The van der Waals surface area contributed by atoms with Crippen molar-refractivity contribution in [2.45, 2.75) is 0 Å². The Bertz CT molecular complexity index is 437. The highest BCUT2D eigenvalue weighted by molar-refractivity contribution is 5.82. The van der Waals surface area contributed by atoms with Crippen molar-refractivity contribution in [1.29, 1.82) is 0 Å². The summed E-state index contributed by atoms with van der Waals surface area (Å²) in [6.07, 6.45) is 4.12. The molecule has 1 aromatic carbocycles. The summed E-state index contributed by atoms with van der Waals surface area (Å²) in [6, 6.07) is 8.17. The second kappa shape index (κ2) is 3.05. The third-order valence-electron chi connectivity index (χ3n) is 2.13. The first-order valence-electron chi connectivity index (χ1n) is 4.22. The first kappa shape index (κ1) is 8.05. The maximum absolute atomic E-state index is 5.15. The Hall–Kier alpha value is -1.57. The first-order chi connectivity index (χ1) is 6.29. The number of benzene rings is 1. The molecule has 2 rings (SSSR count). The summed E-state index contributed by atoms with van der Waals surface area (Å²) in [5.41, 5.74) is 0. The van der Waals surface area contributed by atoms with Gasteiger partial charge in [-0.25, -0.2) is 4.57 Å². The van der Waals surface area contributed by atoms with Gasteiger partial charge in [-0.2, -0.15) is 0 Å². The van der Waals surface area contributed by atoms with Gasteiger partial charge in [0.25, 0.3) is 0 Å². The second-order valence-corrected chi connectivity index (χ2v) is 3.11. The van der Waals surface area contributed by atoms with Crippen LogP contribution in [0.3, 0.4) is 0 Å². The Morgan fingerprint density at radius 2 is 2.00 bits per heavy atom. The monoisotopic (exact) mass is 174 g/mol. The summed E-state index contributed by atoms with van der Waals surface area (Å²) < 4.78 is 7.18. The molecule has 0 amide bonds. The molecule has 1 aromatic heterocycles. The lowest BCUT2D eigenvalue weighted by molar-refractivity contribution is -0.670. The molecule has 0 saturated heterocycles. The Morgan fingerprint density at radius 1 is 1.15 bits per heavy atom. The zero-order valence-corrected chi connectivity index (χ0v) is 7.82. The van der Waals surface area contributed by atoms with Crippen LogP contribution in [0.2, 0.25) is 0 Å². The van der Waals surface area contributed by atoms with Crippen LogP contribution in [-0.2, 0) is 7.05 Å². The summed E-state index contributed by atoms with van der Waals surface area (Å²) in [5.74, 6) is 0.902. The summed E-state index contributed by atoms with van der Waals surface area (Å²) in [4.78, 5) is 0. The van der Waals surface area contributed by atoms with E-state index in [1.165, 1.54) is 10.8 Å². The average molecular weight is 174 g/mol. The number of aromatic nitrogens is 1. The molecule has 0 N–H and O–H groups in total. The quantitative estimate of drug-likeness (QED) is 0.599. The molecule has 0 fully saturated rings. The first-order valence-corrected chi connectivity index (χ1v) is 4.22. The summed E-state index contributed by atoms with van der Waals surface area (Å²) in [6.45, 7) is 0. The number of ether oxygens (including phenoxy) is 1. The molecule has 13 heavy (non-hydrogen) atoms. The number of nitrogens with zero attached hydrogens (tertiary/aromatic N) is 1. The van der Waals surface area contributed by atoms with E-state index >= 15 is 0 Å². The van der Waals surface area contributed by atoms with Crippen molar-refractivity contribution < 1.29 is 9.30 Å². The van der Waals surface area contributed by atoms with Crippen molar-refractivity contribution in [2.24, 2.45) is 7.05 Å². The van der Waals surface area contributed by atoms with E-state index in [1.54, 1.807) is 7.11 Å². The lowest BCUT2D eigenvalue weighted by atomic mass is 10.2. The molecule has 2 aromatic rings. The van der Waals surface area contributed by atoms with Crippen molar-refractivity contribution in [3.8, 4) is 5.75 Å². The highest BCUT2D eigenvalue weighted by Gasteiger charge is 1.99. The zero-order chi connectivity index (χ0) is 9.26. The van der Waals surface area contributed by atoms with Crippen LogP contribution in [0.4, 0.5) is 0 Å². The van der Waals surface area contributed by atoms with E-state index in [0.717, 1.165) is 5.75 Å². The molecule has 0 aliphatic carbocycles. The Kier molecular flexibility index (Phi) is 1.89. The van der Waals surface area contributed by atoms with Gasteiger partial charge < -0.3 is 4.74 Å². The molecular weight excluding hydrogens is 162 g/mol. The van der Waals surface area contributed by atoms with E-state index in [4.69, 9.17) is 4.74 Å². The third-order valence-corrected chi connectivity index (χ3v) is 2.13. The van der Waals surface area contributed by atoms with Crippen molar-refractivity contribution in [1.82, 2.24) is 0 Å². The zero-order valence-electron chi connectivity index (χ0n) is 7.82. The molecule has 0 spiro atoms. The lowest BCUT2D eigenvalue weighted by Crippen LogP contribution is -2.25. The molecule has 0 radical (unpaired) electrons. The Morgan fingerprint density at radius 3 is 2.77 bits per heavy atom. The van der Waals surface area contributed by atoms with Gasteiger partial charge in [0.05, 0.1) is 7.11 Å². The largest absolute Gasteiger partial charge is 0.497 e. The predicted molar refractivity (Wildman–Crippen MR) is 51.7 cm³/mol. The van der Waals surface area contributed by atoms with Crippen LogP contribution in [-0.4, -0.2) is 7.11 Å². The van der Waals surface area contributed by atoms with E-state index in [-0.39, 0.29) is 0 Å².